The minimum absolute atomic E-state index is 0.155. The van der Waals surface area contributed by atoms with Crippen LogP contribution in [0, 0.1) is 0 Å². The van der Waals surface area contributed by atoms with Gasteiger partial charge in [-0.1, -0.05) is 0 Å². The van der Waals surface area contributed by atoms with Crippen LogP contribution in [-0.4, -0.2) is 69.3 Å². The number of sulfonamides is 1. The van der Waals surface area contributed by atoms with Gasteiger partial charge >= 0.3 is 6.03 Å². The van der Waals surface area contributed by atoms with Crippen LogP contribution >= 0.6 is 0 Å². The Kier molecular flexibility index (Phi) is 5.76. The third kappa shape index (κ3) is 4.17. The van der Waals surface area contributed by atoms with Crippen LogP contribution in [0.3, 0.4) is 0 Å². The highest BCUT2D eigenvalue weighted by Gasteiger charge is 2.31. The lowest BCUT2D eigenvalue weighted by atomic mass is 10.1. The van der Waals surface area contributed by atoms with Gasteiger partial charge in [-0.05, 0) is 55.2 Å². The average molecular weight is 447 g/mol. The molecule has 1 unspecified atom stereocenters. The maximum absolute atomic E-state index is 12.9. The number of nitrogens with zero attached hydrogens (tertiary/aromatic N) is 3. The molecule has 3 amide bonds. The molecule has 3 heterocycles. The first-order valence-electron chi connectivity index (χ1n) is 10.2. The number of carbonyl (C=O) groups is 2. The lowest BCUT2D eigenvalue weighted by Gasteiger charge is -2.33. The molecule has 2 aromatic rings. The molecule has 1 atom stereocenters. The zero-order valence-electron chi connectivity index (χ0n) is 17.6. The van der Waals surface area contributed by atoms with Gasteiger partial charge in [0.15, 0.2) is 5.76 Å². The Morgan fingerprint density at radius 1 is 1.19 bits per heavy atom. The summed E-state index contributed by atoms with van der Waals surface area (Å²) in [6.45, 7) is 1.53. The minimum Gasteiger partial charge on any atom is -0.459 e. The topological polar surface area (TPSA) is 103 Å². The average Bonchev–Trinajstić information content (AvgIpc) is 3.43. The van der Waals surface area contributed by atoms with E-state index >= 15 is 0 Å². The minimum atomic E-state index is -3.52. The molecular formula is C21H26N4O5S. The summed E-state index contributed by atoms with van der Waals surface area (Å²) >= 11 is 0. The number of carbonyl (C=O) groups excluding carboxylic acids is 2. The fraction of sp³-hybridized carbons (Fsp3) is 0.429. The number of urea groups is 1. The van der Waals surface area contributed by atoms with Crippen molar-refractivity contribution in [3.63, 3.8) is 0 Å². The molecule has 0 bridgehead atoms. The molecule has 1 aromatic heterocycles. The van der Waals surface area contributed by atoms with Crippen molar-refractivity contribution in [3.8, 4) is 0 Å². The largest absolute Gasteiger partial charge is 0.459 e. The third-order valence-electron chi connectivity index (χ3n) is 5.74. The van der Waals surface area contributed by atoms with Gasteiger partial charge < -0.3 is 14.6 Å². The van der Waals surface area contributed by atoms with Crippen LogP contribution in [0.25, 0.3) is 0 Å². The zero-order chi connectivity index (χ0) is 22.2. The van der Waals surface area contributed by atoms with Crippen molar-refractivity contribution < 1.29 is 22.4 Å². The van der Waals surface area contributed by atoms with Gasteiger partial charge in [0.1, 0.15) is 0 Å². The Morgan fingerprint density at radius 2 is 2.00 bits per heavy atom. The van der Waals surface area contributed by atoms with E-state index in [2.05, 4.69) is 5.32 Å². The number of nitrogens with one attached hydrogen (secondary N) is 1. The molecule has 1 N–H and O–H groups in total. The predicted octanol–water partition coefficient (Wildman–Crippen LogP) is 1.91. The highest BCUT2D eigenvalue weighted by molar-refractivity contribution is 7.89. The van der Waals surface area contributed by atoms with Crippen LogP contribution in [-0.2, 0) is 16.4 Å². The van der Waals surface area contributed by atoms with Gasteiger partial charge in [-0.25, -0.2) is 17.5 Å². The van der Waals surface area contributed by atoms with Crippen molar-refractivity contribution in [2.45, 2.75) is 30.2 Å². The van der Waals surface area contributed by atoms with E-state index in [0.717, 1.165) is 24.1 Å². The van der Waals surface area contributed by atoms with Gasteiger partial charge in [0.05, 0.1) is 11.2 Å². The van der Waals surface area contributed by atoms with E-state index in [1.165, 1.54) is 30.7 Å². The molecule has 2 aliphatic rings. The molecule has 4 rings (SSSR count). The quantitative estimate of drug-likeness (QED) is 0.773. The Balaban J connectivity index is 1.43. The Labute approximate surface area is 181 Å². The number of hydrogen-bond acceptors (Lipinski definition) is 5. The number of fused-ring (bicyclic) bond motifs is 1. The lowest BCUT2D eigenvalue weighted by molar-refractivity contribution is 0.0666. The zero-order valence-corrected chi connectivity index (χ0v) is 18.4. The van der Waals surface area contributed by atoms with Crippen LogP contribution in [0.4, 0.5) is 10.5 Å². The standard InChI is InChI=1S/C21H26N4O5S/c1-23(2)31(28,29)17-7-8-18-15(13-17)9-11-25(18)21(27)22-16-5-3-10-24(14-16)20(26)19-6-4-12-30-19/h4,6-8,12-13,16H,3,5,9-11,14H2,1-2H3,(H,22,27). The first-order chi connectivity index (χ1) is 14.8. The molecule has 31 heavy (non-hydrogen) atoms. The smallest absolute Gasteiger partial charge is 0.322 e. The molecule has 0 aliphatic carbocycles. The number of rotatable bonds is 4. The van der Waals surface area contributed by atoms with E-state index in [0.29, 0.717) is 31.8 Å². The molecule has 9 nitrogen and oxygen atoms in total. The van der Waals surface area contributed by atoms with Gasteiger partial charge in [0.25, 0.3) is 5.91 Å². The molecule has 0 spiro atoms. The maximum Gasteiger partial charge on any atom is 0.322 e. The Morgan fingerprint density at radius 3 is 2.71 bits per heavy atom. The Bertz CT molecular complexity index is 1080. The van der Waals surface area contributed by atoms with Crippen molar-refractivity contribution in [1.29, 1.82) is 0 Å². The van der Waals surface area contributed by atoms with Gasteiger partial charge in [0, 0.05) is 45.5 Å². The molecule has 10 heteroatoms. The summed E-state index contributed by atoms with van der Waals surface area (Å²) in [4.78, 5) is 29.0. The van der Waals surface area contributed by atoms with E-state index in [4.69, 9.17) is 4.42 Å². The molecule has 1 fully saturated rings. The molecule has 0 saturated carbocycles. The number of anilines is 1. The lowest BCUT2D eigenvalue weighted by Crippen LogP contribution is -2.52. The highest BCUT2D eigenvalue weighted by atomic mass is 32.2. The number of furan rings is 1. The second-order valence-corrected chi connectivity index (χ2v) is 10.1. The number of piperidine rings is 1. The van der Waals surface area contributed by atoms with Gasteiger partial charge in [-0.15, -0.1) is 0 Å². The Hall–Kier alpha value is -2.85. The van der Waals surface area contributed by atoms with E-state index < -0.39 is 10.0 Å². The second kappa shape index (κ2) is 8.35. The molecular weight excluding hydrogens is 420 g/mol. The SMILES string of the molecule is CN(C)S(=O)(=O)c1ccc2c(c1)CCN2C(=O)NC1CCCN(C(=O)c2ccco2)C1. The van der Waals surface area contributed by atoms with Crippen molar-refractivity contribution in [2.75, 3.05) is 38.6 Å². The molecule has 0 radical (unpaired) electrons. The van der Waals surface area contributed by atoms with Crippen LogP contribution in [0.5, 0.6) is 0 Å². The van der Waals surface area contributed by atoms with Crippen molar-refractivity contribution in [2.24, 2.45) is 0 Å². The first kappa shape index (κ1) is 21.4. The second-order valence-electron chi connectivity index (χ2n) is 8.00. The van der Waals surface area contributed by atoms with Crippen LogP contribution < -0.4 is 10.2 Å². The van der Waals surface area contributed by atoms with Gasteiger partial charge in [0.2, 0.25) is 10.0 Å². The monoisotopic (exact) mass is 446 g/mol. The maximum atomic E-state index is 12.9. The number of amides is 3. The fourth-order valence-electron chi connectivity index (χ4n) is 4.05. The van der Waals surface area contributed by atoms with E-state index in [1.807, 2.05) is 0 Å². The molecule has 1 saturated heterocycles. The summed E-state index contributed by atoms with van der Waals surface area (Å²) in [5.74, 6) is 0.119. The summed E-state index contributed by atoms with van der Waals surface area (Å²) in [5.41, 5.74) is 1.55. The van der Waals surface area contributed by atoms with Gasteiger partial charge in [-0.2, -0.15) is 0 Å². The third-order valence-corrected chi connectivity index (χ3v) is 7.55. The molecule has 1 aromatic carbocycles. The number of hydrogen-bond donors (Lipinski definition) is 1. The van der Waals surface area contributed by atoms with E-state index in [9.17, 15) is 18.0 Å². The van der Waals surface area contributed by atoms with Crippen molar-refractivity contribution in [1.82, 2.24) is 14.5 Å². The molecule has 2 aliphatic heterocycles. The van der Waals surface area contributed by atoms with Crippen molar-refractivity contribution >= 4 is 27.6 Å². The summed E-state index contributed by atoms with van der Waals surface area (Å²) in [7, 11) is -0.538. The van der Waals surface area contributed by atoms with Crippen LogP contribution in [0.1, 0.15) is 29.0 Å². The summed E-state index contributed by atoms with van der Waals surface area (Å²) in [6, 6.07) is 7.78. The number of likely N-dealkylation sites (tertiary alicyclic amines) is 1. The first-order valence-corrected chi connectivity index (χ1v) is 11.7. The predicted molar refractivity (Wildman–Crippen MR) is 115 cm³/mol. The van der Waals surface area contributed by atoms with Crippen LogP contribution in [0.15, 0.2) is 45.9 Å². The summed E-state index contributed by atoms with van der Waals surface area (Å²) in [5, 5.41) is 3.03. The summed E-state index contributed by atoms with van der Waals surface area (Å²) < 4.78 is 31.1. The van der Waals surface area contributed by atoms with E-state index in [1.54, 1.807) is 34.1 Å². The highest BCUT2D eigenvalue weighted by Crippen LogP contribution is 2.31. The van der Waals surface area contributed by atoms with Crippen LogP contribution in [0.2, 0.25) is 0 Å². The molecule has 166 valence electrons. The number of benzene rings is 1. The van der Waals surface area contributed by atoms with E-state index in [-0.39, 0.29) is 22.9 Å². The van der Waals surface area contributed by atoms with Gasteiger partial charge in [-0.3, -0.25) is 9.69 Å². The normalized spacial score (nSPS) is 18.9. The fourth-order valence-corrected chi connectivity index (χ4v) is 5.00. The summed E-state index contributed by atoms with van der Waals surface area (Å²) in [6.07, 6.45) is 3.64. The van der Waals surface area contributed by atoms with Crippen molar-refractivity contribution in [3.05, 3.63) is 47.9 Å².